The molecule has 0 aliphatic carbocycles. The van der Waals surface area contributed by atoms with Gasteiger partial charge in [0.2, 0.25) is 5.91 Å². The van der Waals surface area contributed by atoms with Crippen LogP contribution in [-0.2, 0) is 22.6 Å². The molecule has 39 heavy (non-hydrogen) atoms. The van der Waals surface area contributed by atoms with Crippen LogP contribution in [0.5, 0.6) is 11.5 Å². The van der Waals surface area contributed by atoms with Crippen LogP contribution in [0.3, 0.4) is 0 Å². The van der Waals surface area contributed by atoms with Gasteiger partial charge in [-0.3, -0.25) is 9.59 Å². The van der Waals surface area contributed by atoms with E-state index in [1.54, 1.807) is 18.2 Å². The number of anilines is 1. The molecule has 3 aromatic carbocycles. The maximum absolute atomic E-state index is 13.0. The maximum Gasteiger partial charge on any atom is 0.329 e. The summed E-state index contributed by atoms with van der Waals surface area (Å²) in [5.74, 6) is 0.0782. The van der Waals surface area contributed by atoms with Crippen molar-refractivity contribution in [1.29, 1.82) is 0 Å². The van der Waals surface area contributed by atoms with E-state index in [-0.39, 0.29) is 5.70 Å². The molecule has 0 aromatic heterocycles. The van der Waals surface area contributed by atoms with Gasteiger partial charge in [-0.2, -0.15) is 0 Å². The summed E-state index contributed by atoms with van der Waals surface area (Å²) in [7, 11) is 0. The summed E-state index contributed by atoms with van der Waals surface area (Å²) >= 11 is 5.58. The van der Waals surface area contributed by atoms with Gasteiger partial charge in [0.15, 0.2) is 11.5 Å². The molecule has 0 atom stereocenters. The van der Waals surface area contributed by atoms with Gasteiger partial charge in [0, 0.05) is 10.2 Å². The van der Waals surface area contributed by atoms with E-state index in [2.05, 4.69) is 49.2 Å². The van der Waals surface area contributed by atoms with Crippen molar-refractivity contribution in [2.45, 2.75) is 26.9 Å². The number of amides is 4. The molecule has 2 N–H and O–H groups in total. The van der Waals surface area contributed by atoms with E-state index in [4.69, 9.17) is 9.47 Å². The SMILES string of the molecule is CCOc1cc(/C=C2/NC(=O)N(CC(=O)Nc3ccccc3CC)C2=O)cc(I)c1OCc1ccc(Br)cc1. The molecule has 10 heteroatoms. The van der Waals surface area contributed by atoms with Crippen molar-refractivity contribution in [2.24, 2.45) is 0 Å². The molecule has 0 bridgehead atoms. The fourth-order valence-corrected chi connectivity index (χ4v) is 5.02. The van der Waals surface area contributed by atoms with E-state index in [0.717, 1.165) is 30.5 Å². The minimum absolute atomic E-state index is 0.0727. The number of carbonyl (C=O) groups excluding carboxylic acids is 3. The lowest BCUT2D eigenvalue weighted by Crippen LogP contribution is -2.38. The van der Waals surface area contributed by atoms with Crippen molar-refractivity contribution in [3.05, 3.63) is 91.1 Å². The van der Waals surface area contributed by atoms with Gasteiger partial charge >= 0.3 is 6.03 Å². The lowest BCUT2D eigenvalue weighted by molar-refractivity contribution is -0.127. The highest BCUT2D eigenvalue weighted by atomic mass is 127. The number of hydrogen-bond acceptors (Lipinski definition) is 5. The lowest BCUT2D eigenvalue weighted by Gasteiger charge is -2.15. The summed E-state index contributed by atoms with van der Waals surface area (Å²) < 4.78 is 13.7. The fraction of sp³-hybridized carbons (Fsp3) is 0.207. The predicted molar refractivity (Wildman–Crippen MR) is 161 cm³/mol. The Hall–Kier alpha value is -3.38. The number of imide groups is 1. The van der Waals surface area contributed by atoms with Crippen LogP contribution in [-0.4, -0.2) is 35.9 Å². The fourth-order valence-electron chi connectivity index (χ4n) is 3.98. The number of urea groups is 1. The quantitative estimate of drug-likeness (QED) is 0.151. The summed E-state index contributed by atoms with van der Waals surface area (Å²) in [4.78, 5) is 39.1. The van der Waals surface area contributed by atoms with Gasteiger partial charge in [0.1, 0.15) is 18.8 Å². The smallest absolute Gasteiger partial charge is 0.329 e. The molecule has 0 unspecified atom stereocenters. The van der Waals surface area contributed by atoms with E-state index in [1.165, 1.54) is 0 Å². The van der Waals surface area contributed by atoms with E-state index < -0.39 is 24.4 Å². The summed E-state index contributed by atoms with van der Waals surface area (Å²) in [6, 6.07) is 18.2. The largest absolute Gasteiger partial charge is 0.490 e. The first-order valence-corrected chi connectivity index (χ1v) is 14.2. The summed E-state index contributed by atoms with van der Waals surface area (Å²) in [6.45, 7) is 4.24. The van der Waals surface area contributed by atoms with Crippen LogP contribution >= 0.6 is 38.5 Å². The maximum atomic E-state index is 13.0. The van der Waals surface area contributed by atoms with Gasteiger partial charge in [0.05, 0.1) is 10.2 Å². The normalized spacial score (nSPS) is 13.9. The number of nitrogens with zero attached hydrogens (tertiary/aromatic N) is 1. The van der Waals surface area contributed by atoms with Crippen LogP contribution < -0.4 is 20.1 Å². The number of rotatable bonds is 10. The first-order chi connectivity index (χ1) is 18.8. The number of halogens is 2. The van der Waals surface area contributed by atoms with Crippen LogP contribution in [0, 0.1) is 3.57 Å². The average Bonchev–Trinajstić information content (AvgIpc) is 3.16. The molecule has 4 rings (SSSR count). The molecule has 202 valence electrons. The molecule has 1 fully saturated rings. The Kier molecular flexibility index (Phi) is 9.63. The van der Waals surface area contributed by atoms with Crippen molar-refractivity contribution in [2.75, 3.05) is 18.5 Å². The molecule has 1 heterocycles. The number of ether oxygens (including phenoxy) is 2. The van der Waals surface area contributed by atoms with E-state index in [0.29, 0.717) is 36.0 Å². The van der Waals surface area contributed by atoms with Gasteiger partial charge in [-0.25, -0.2) is 9.69 Å². The first kappa shape index (κ1) is 28.6. The number of para-hydroxylation sites is 1. The average molecular weight is 704 g/mol. The number of nitrogens with one attached hydrogen (secondary N) is 2. The molecule has 4 amide bonds. The molecular formula is C29H27BrIN3O5. The van der Waals surface area contributed by atoms with Crippen LogP contribution in [0.15, 0.2) is 70.8 Å². The number of benzene rings is 3. The van der Waals surface area contributed by atoms with Crippen molar-refractivity contribution in [1.82, 2.24) is 10.2 Å². The molecule has 1 saturated heterocycles. The molecule has 0 saturated carbocycles. The van der Waals surface area contributed by atoms with E-state index in [9.17, 15) is 14.4 Å². The Labute approximate surface area is 249 Å². The Morgan fingerprint density at radius 2 is 1.82 bits per heavy atom. The number of hydrogen-bond donors (Lipinski definition) is 2. The molecule has 0 radical (unpaired) electrons. The Morgan fingerprint density at radius 3 is 2.54 bits per heavy atom. The van der Waals surface area contributed by atoms with Crippen LogP contribution in [0.4, 0.5) is 10.5 Å². The minimum Gasteiger partial charge on any atom is -0.490 e. The highest BCUT2D eigenvalue weighted by Gasteiger charge is 2.35. The second-order valence-corrected chi connectivity index (χ2v) is 10.7. The third-order valence-electron chi connectivity index (χ3n) is 5.88. The van der Waals surface area contributed by atoms with Crippen molar-refractivity contribution >= 4 is 68.1 Å². The molecule has 3 aromatic rings. The highest BCUT2D eigenvalue weighted by Crippen LogP contribution is 2.36. The van der Waals surface area contributed by atoms with Gasteiger partial charge in [-0.15, -0.1) is 0 Å². The highest BCUT2D eigenvalue weighted by molar-refractivity contribution is 14.1. The topological polar surface area (TPSA) is 97.0 Å². The van der Waals surface area contributed by atoms with Gasteiger partial charge in [0.25, 0.3) is 5.91 Å². The molecular weight excluding hydrogens is 677 g/mol. The Balaban J connectivity index is 1.49. The Bertz CT molecular complexity index is 1420. The van der Waals surface area contributed by atoms with Crippen molar-refractivity contribution in [3.8, 4) is 11.5 Å². The standard InChI is InChI=1S/C29H27BrIN3O5/c1-3-20-7-5-6-8-23(20)32-26(35)16-34-28(36)24(33-29(34)37)14-19-13-22(31)27(25(15-19)38-4-2)39-17-18-9-11-21(30)12-10-18/h5-15H,3-4,16-17H2,1-2H3,(H,32,35)(H,33,37)/b24-14+. The van der Waals surface area contributed by atoms with E-state index >= 15 is 0 Å². The minimum atomic E-state index is -0.653. The second kappa shape index (κ2) is 13.1. The zero-order chi connectivity index (χ0) is 27.9. The molecule has 8 nitrogen and oxygen atoms in total. The third-order valence-corrected chi connectivity index (χ3v) is 7.21. The molecule has 0 spiro atoms. The second-order valence-electron chi connectivity index (χ2n) is 8.62. The van der Waals surface area contributed by atoms with Crippen LogP contribution in [0.1, 0.15) is 30.5 Å². The van der Waals surface area contributed by atoms with Gasteiger partial charge < -0.3 is 20.1 Å². The summed E-state index contributed by atoms with van der Waals surface area (Å²) in [5, 5.41) is 5.36. The van der Waals surface area contributed by atoms with Crippen LogP contribution in [0.2, 0.25) is 0 Å². The van der Waals surface area contributed by atoms with Gasteiger partial charge in [-0.05, 0) is 89.0 Å². The van der Waals surface area contributed by atoms with Crippen molar-refractivity contribution < 1.29 is 23.9 Å². The predicted octanol–water partition coefficient (Wildman–Crippen LogP) is 6.13. The van der Waals surface area contributed by atoms with Crippen molar-refractivity contribution in [3.63, 3.8) is 0 Å². The monoisotopic (exact) mass is 703 g/mol. The third kappa shape index (κ3) is 7.18. The number of aryl methyl sites for hydroxylation is 1. The van der Waals surface area contributed by atoms with Crippen LogP contribution in [0.25, 0.3) is 6.08 Å². The summed E-state index contributed by atoms with van der Waals surface area (Å²) in [6.07, 6.45) is 2.30. The summed E-state index contributed by atoms with van der Waals surface area (Å²) in [5.41, 5.74) is 3.35. The zero-order valence-corrected chi connectivity index (χ0v) is 25.2. The van der Waals surface area contributed by atoms with E-state index in [1.807, 2.05) is 62.4 Å². The first-order valence-electron chi connectivity index (χ1n) is 12.3. The molecule has 1 aliphatic rings. The zero-order valence-electron chi connectivity index (χ0n) is 21.4. The Morgan fingerprint density at radius 1 is 1.08 bits per heavy atom. The lowest BCUT2D eigenvalue weighted by atomic mass is 10.1. The number of carbonyl (C=O) groups is 3. The molecule has 1 aliphatic heterocycles. The van der Waals surface area contributed by atoms with Gasteiger partial charge in [-0.1, -0.05) is 53.2 Å².